The van der Waals surface area contributed by atoms with Gasteiger partial charge in [0.1, 0.15) is 4.88 Å². The molecule has 1 aromatic carbocycles. The van der Waals surface area contributed by atoms with Gasteiger partial charge < -0.3 is 14.8 Å². The van der Waals surface area contributed by atoms with Crippen LogP contribution in [0.3, 0.4) is 0 Å². The molecule has 2 amide bonds. The second-order valence-corrected chi connectivity index (χ2v) is 8.85. The van der Waals surface area contributed by atoms with Crippen molar-refractivity contribution >= 4 is 51.6 Å². The van der Waals surface area contributed by atoms with E-state index in [0.29, 0.717) is 38.3 Å². The van der Waals surface area contributed by atoms with Crippen molar-refractivity contribution in [2.75, 3.05) is 25.2 Å². The molecule has 1 N–H and O–H groups in total. The zero-order valence-corrected chi connectivity index (χ0v) is 19.4. The maximum Gasteiger partial charge on any atom is 0.265 e. The number of aromatic nitrogens is 4. The lowest BCUT2D eigenvalue weighted by Gasteiger charge is -2.08. The molecule has 2 aromatic heterocycles. The van der Waals surface area contributed by atoms with Crippen LogP contribution in [-0.4, -0.2) is 56.3 Å². The van der Waals surface area contributed by atoms with Gasteiger partial charge in [-0.15, -0.1) is 10.2 Å². The van der Waals surface area contributed by atoms with E-state index < -0.39 is 0 Å². The van der Waals surface area contributed by atoms with Crippen LogP contribution in [0.25, 0.3) is 11.4 Å². The fourth-order valence-corrected chi connectivity index (χ4v) is 4.69. The molecule has 3 aromatic rings. The Balaban J connectivity index is 1.68. The zero-order chi connectivity index (χ0) is 21.8. The average Bonchev–Trinajstić information content (AvgIpc) is 3.28. The lowest BCUT2D eigenvalue weighted by atomic mass is 10.2. The van der Waals surface area contributed by atoms with Crippen LogP contribution in [0.2, 0.25) is 5.02 Å². The van der Waals surface area contributed by atoms with Gasteiger partial charge >= 0.3 is 0 Å². The first kappa shape index (κ1) is 22.3. The van der Waals surface area contributed by atoms with E-state index in [1.54, 1.807) is 27.1 Å². The van der Waals surface area contributed by atoms with E-state index in [-0.39, 0.29) is 17.6 Å². The van der Waals surface area contributed by atoms with E-state index in [9.17, 15) is 9.59 Å². The quantitative estimate of drug-likeness (QED) is 0.534. The molecular weight excluding hydrogens is 444 g/mol. The molecule has 0 aliphatic carbocycles. The number of anilines is 1. The molecule has 0 saturated heterocycles. The van der Waals surface area contributed by atoms with Crippen molar-refractivity contribution in [1.29, 1.82) is 0 Å². The number of aryl methyl sites for hydroxylation is 1. The third-order valence-corrected chi connectivity index (χ3v) is 6.48. The number of rotatable bonds is 7. The van der Waals surface area contributed by atoms with E-state index >= 15 is 0 Å². The summed E-state index contributed by atoms with van der Waals surface area (Å²) in [5.41, 5.74) is 1.39. The number of carbonyl (C=O) groups excluding carboxylic acids is 2. The summed E-state index contributed by atoms with van der Waals surface area (Å²) in [6, 6.07) is 7.44. The molecule has 2 heterocycles. The summed E-state index contributed by atoms with van der Waals surface area (Å²) in [4.78, 5) is 30.8. The fraction of sp³-hybridized carbons (Fsp3) is 0.316. The van der Waals surface area contributed by atoms with Crippen molar-refractivity contribution in [3.05, 3.63) is 39.9 Å². The topological polar surface area (TPSA) is 93.0 Å². The molecule has 0 aliphatic heterocycles. The number of amides is 2. The predicted molar refractivity (Wildman–Crippen MR) is 120 cm³/mol. The highest BCUT2D eigenvalue weighted by molar-refractivity contribution is 7.99. The Kier molecular flexibility index (Phi) is 7.11. The number of thiazole rings is 1. The first-order valence-corrected chi connectivity index (χ1v) is 11.3. The minimum atomic E-state index is -0.234. The molecule has 0 aliphatic rings. The highest BCUT2D eigenvalue weighted by atomic mass is 35.5. The van der Waals surface area contributed by atoms with Gasteiger partial charge in [0.05, 0.1) is 16.5 Å². The van der Waals surface area contributed by atoms with Gasteiger partial charge in [-0.3, -0.25) is 9.59 Å². The van der Waals surface area contributed by atoms with E-state index in [2.05, 4.69) is 20.5 Å². The van der Waals surface area contributed by atoms with Gasteiger partial charge in [-0.05, 0) is 26.0 Å². The van der Waals surface area contributed by atoms with Crippen molar-refractivity contribution in [3.63, 3.8) is 0 Å². The van der Waals surface area contributed by atoms with Crippen molar-refractivity contribution in [1.82, 2.24) is 24.6 Å². The summed E-state index contributed by atoms with van der Waals surface area (Å²) in [5.74, 6) is 0.426. The van der Waals surface area contributed by atoms with Crippen LogP contribution in [0, 0.1) is 6.92 Å². The minimum absolute atomic E-state index is 0.135. The van der Waals surface area contributed by atoms with Crippen LogP contribution in [0.1, 0.15) is 22.3 Å². The third-order valence-electron chi connectivity index (χ3n) is 4.12. The molecule has 0 saturated carbocycles. The Hall–Kier alpha value is -2.43. The van der Waals surface area contributed by atoms with Crippen molar-refractivity contribution in [2.24, 2.45) is 0 Å². The molecule has 8 nitrogen and oxygen atoms in total. The summed E-state index contributed by atoms with van der Waals surface area (Å²) in [5, 5.41) is 12.8. The van der Waals surface area contributed by atoms with Crippen LogP contribution >= 0.6 is 34.7 Å². The van der Waals surface area contributed by atoms with E-state index in [4.69, 9.17) is 11.6 Å². The second-order valence-electron chi connectivity index (χ2n) is 6.50. The molecule has 11 heteroatoms. The summed E-state index contributed by atoms with van der Waals surface area (Å²) >= 11 is 8.73. The Morgan fingerprint density at radius 2 is 2.00 bits per heavy atom. The predicted octanol–water partition coefficient (Wildman–Crippen LogP) is 3.82. The van der Waals surface area contributed by atoms with Crippen LogP contribution in [0.15, 0.2) is 29.4 Å². The monoisotopic (exact) mass is 464 g/mol. The van der Waals surface area contributed by atoms with Gasteiger partial charge in [0.15, 0.2) is 16.1 Å². The van der Waals surface area contributed by atoms with E-state index in [1.807, 2.05) is 29.7 Å². The smallest absolute Gasteiger partial charge is 0.265 e. The highest BCUT2D eigenvalue weighted by Gasteiger charge is 2.19. The lowest BCUT2D eigenvalue weighted by molar-refractivity contribution is -0.113. The molecule has 0 atom stereocenters. The molecular formula is C19H21ClN6O2S2. The van der Waals surface area contributed by atoms with E-state index in [0.717, 1.165) is 5.56 Å². The van der Waals surface area contributed by atoms with Crippen LogP contribution < -0.4 is 5.32 Å². The number of hydrogen-bond acceptors (Lipinski definition) is 7. The van der Waals surface area contributed by atoms with Crippen molar-refractivity contribution in [3.8, 4) is 11.4 Å². The molecule has 3 rings (SSSR count). The molecule has 0 spiro atoms. The van der Waals surface area contributed by atoms with E-state index in [1.165, 1.54) is 28.0 Å². The summed E-state index contributed by atoms with van der Waals surface area (Å²) < 4.78 is 1.92. The first-order chi connectivity index (χ1) is 14.3. The molecule has 30 heavy (non-hydrogen) atoms. The first-order valence-electron chi connectivity index (χ1n) is 9.11. The van der Waals surface area contributed by atoms with Crippen molar-refractivity contribution < 1.29 is 9.59 Å². The standard InChI is InChI=1S/C19H21ClN6O2S2/c1-5-26-16(12-8-6-7-9-13(12)20)23-24-19(26)29-10-14(27)22-18-21-11(2)15(30-18)17(28)25(3)4/h6-9H,5,10H2,1-4H3,(H,21,22,27). The number of hydrogen-bond donors (Lipinski definition) is 1. The summed E-state index contributed by atoms with van der Waals surface area (Å²) in [7, 11) is 3.36. The summed E-state index contributed by atoms with van der Waals surface area (Å²) in [6.45, 7) is 4.37. The molecule has 0 radical (unpaired) electrons. The molecule has 0 bridgehead atoms. The number of thioether (sulfide) groups is 1. The second kappa shape index (κ2) is 9.59. The number of halogens is 1. The van der Waals surface area contributed by atoms with Crippen LogP contribution in [0.4, 0.5) is 5.13 Å². The summed E-state index contributed by atoms with van der Waals surface area (Å²) in [6.07, 6.45) is 0. The largest absolute Gasteiger partial charge is 0.344 e. The van der Waals surface area contributed by atoms with Gasteiger partial charge in [0, 0.05) is 26.2 Å². The average molecular weight is 465 g/mol. The molecule has 0 fully saturated rings. The Bertz CT molecular complexity index is 1080. The minimum Gasteiger partial charge on any atom is -0.344 e. The van der Waals surface area contributed by atoms with Crippen LogP contribution in [0.5, 0.6) is 0 Å². The Labute approximate surface area is 187 Å². The third kappa shape index (κ3) is 4.82. The number of nitrogens with one attached hydrogen (secondary N) is 1. The maximum absolute atomic E-state index is 12.4. The zero-order valence-electron chi connectivity index (χ0n) is 17.0. The van der Waals surface area contributed by atoms with Gasteiger partial charge in [0.2, 0.25) is 5.91 Å². The molecule has 158 valence electrons. The normalized spacial score (nSPS) is 10.8. The number of carbonyl (C=O) groups is 2. The van der Waals surface area contributed by atoms with Gasteiger partial charge in [0.25, 0.3) is 5.91 Å². The lowest BCUT2D eigenvalue weighted by Crippen LogP contribution is -2.21. The highest BCUT2D eigenvalue weighted by Crippen LogP contribution is 2.29. The maximum atomic E-state index is 12.4. The SMILES string of the molecule is CCn1c(SCC(=O)Nc2nc(C)c(C(=O)N(C)C)s2)nnc1-c1ccccc1Cl. The van der Waals surface area contributed by atoms with Gasteiger partial charge in [-0.1, -0.05) is 46.8 Å². The van der Waals surface area contributed by atoms with Gasteiger partial charge in [-0.2, -0.15) is 0 Å². The Morgan fingerprint density at radius 1 is 1.27 bits per heavy atom. The fourth-order valence-electron chi connectivity index (χ4n) is 2.66. The number of benzene rings is 1. The van der Waals surface area contributed by atoms with Crippen LogP contribution in [-0.2, 0) is 11.3 Å². The van der Waals surface area contributed by atoms with Gasteiger partial charge in [-0.25, -0.2) is 4.98 Å². The number of nitrogens with zero attached hydrogens (tertiary/aromatic N) is 5. The Morgan fingerprint density at radius 3 is 2.67 bits per heavy atom. The molecule has 0 unspecified atom stereocenters. The van der Waals surface area contributed by atoms with Crippen molar-refractivity contribution in [2.45, 2.75) is 25.5 Å².